The van der Waals surface area contributed by atoms with Gasteiger partial charge < -0.3 is 64.6 Å². The van der Waals surface area contributed by atoms with E-state index in [0.717, 1.165) is 38.2 Å². The molecule has 0 aliphatic carbocycles. The van der Waals surface area contributed by atoms with Gasteiger partial charge in [-0.1, -0.05) is 25.7 Å². The predicted molar refractivity (Wildman–Crippen MR) is 149 cm³/mol. The van der Waals surface area contributed by atoms with Gasteiger partial charge in [0.05, 0.1) is 25.9 Å². The van der Waals surface area contributed by atoms with Crippen molar-refractivity contribution in [3.63, 3.8) is 0 Å². The number of nitrogens with one attached hydrogen (secondary N) is 2. The van der Waals surface area contributed by atoms with Crippen LogP contribution in [0.5, 0.6) is 0 Å². The first-order chi connectivity index (χ1) is 21.1. The molecule has 0 bridgehead atoms. The maximum absolute atomic E-state index is 13.0. The largest absolute Gasteiger partial charge is 0.469 e. The molecule has 1 aromatic heterocycles. The molecule has 3 rings (SSSR count). The number of methoxy groups -OCH3 is 1. The van der Waals surface area contributed by atoms with Crippen LogP contribution in [0, 0.1) is 0 Å². The van der Waals surface area contributed by atoms with Crippen LogP contribution in [-0.4, -0.2) is 136 Å². The average Bonchev–Trinajstić information content (AvgIpc) is 3.02. The molecule has 44 heavy (non-hydrogen) atoms. The fourth-order valence-electron chi connectivity index (χ4n) is 5.03. The first kappa shape index (κ1) is 36.0. The summed E-state index contributed by atoms with van der Waals surface area (Å²) < 4.78 is 27.5. The van der Waals surface area contributed by atoms with Crippen LogP contribution < -0.4 is 10.9 Å². The number of esters is 1. The molecule has 2 saturated heterocycles. The second kappa shape index (κ2) is 17.8. The van der Waals surface area contributed by atoms with Crippen LogP contribution in [-0.2, 0) is 28.5 Å². The molecule has 0 radical (unpaired) electrons. The Bertz CT molecular complexity index is 1070. The Labute approximate surface area is 253 Å². The molecule has 0 spiro atoms. The Balaban J connectivity index is 1.66. The monoisotopic (exact) mass is 632 g/mol. The summed E-state index contributed by atoms with van der Waals surface area (Å²) in [6.45, 7) is -1.20. The van der Waals surface area contributed by atoms with Gasteiger partial charge in [-0.15, -0.1) is 0 Å². The quantitative estimate of drug-likeness (QED) is 0.0703. The molecule has 10 atom stereocenters. The number of ether oxygens (including phenoxy) is 5. The summed E-state index contributed by atoms with van der Waals surface area (Å²) in [6, 6.07) is 1.16. The molecule has 0 aromatic carbocycles. The van der Waals surface area contributed by atoms with Crippen molar-refractivity contribution in [1.29, 1.82) is 0 Å². The number of aliphatic hydroxyl groups excluding tert-OH is 6. The number of amides is 1. The highest BCUT2D eigenvalue weighted by Crippen LogP contribution is 2.30. The summed E-state index contributed by atoms with van der Waals surface area (Å²) in [7, 11) is 1.35. The standard InChI is InChI=1S/C28H44N2O14/c1-40-19(34)8-6-4-2-3-5-7-11-41-27-20(30-26(39)15-9-10-18(33)29-12-15)22(36)25(17(14-32)43-27)44-28-24(38)23(37)21(35)16(13-31)42-28/h9-10,12,16-17,20-25,27-28,31-32,35-38H,2-8,11,13-14H2,1H3,(H,29,33)(H,30,39)/t16?,17?,20?,21-,22?,23?,24?,25+,27+,28?/m0/s1. The maximum atomic E-state index is 13.0. The van der Waals surface area contributed by atoms with Gasteiger partial charge in [0.1, 0.15) is 48.8 Å². The Morgan fingerprint density at radius 2 is 1.52 bits per heavy atom. The SMILES string of the molecule is COC(=O)CCCCCCCCO[C@@H]1OC(CO)[C@@H](OC2OC(CO)[C@H](O)C(O)C2O)C(O)C1NC(=O)c1ccc(=O)[nH]c1. The van der Waals surface area contributed by atoms with E-state index in [1.807, 2.05) is 0 Å². The zero-order valence-electron chi connectivity index (χ0n) is 24.5. The van der Waals surface area contributed by atoms with Crippen molar-refractivity contribution in [1.82, 2.24) is 10.3 Å². The molecule has 2 aliphatic heterocycles. The lowest BCUT2D eigenvalue weighted by molar-refractivity contribution is -0.348. The number of aliphatic hydroxyl groups is 6. The summed E-state index contributed by atoms with van der Waals surface area (Å²) in [6.07, 6.45) is -7.26. The van der Waals surface area contributed by atoms with Crippen LogP contribution in [0.4, 0.5) is 0 Å². The van der Waals surface area contributed by atoms with E-state index in [4.69, 9.17) is 18.9 Å². The predicted octanol–water partition coefficient (Wildman–Crippen LogP) is -2.34. The van der Waals surface area contributed by atoms with E-state index in [2.05, 4.69) is 15.0 Å². The molecule has 3 heterocycles. The van der Waals surface area contributed by atoms with Gasteiger partial charge in [0, 0.05) is 25.3 Å². The molecule has 1 amide bonds. The molecule has 16 heteroatoms. The van der Waals surface area contributed by atoms with E-state index >= 15 is 0 Å². The number of H-pyrrole nitrogens is 1. The fraction of sp³-hybridized carbons (Fsp3) is 0.750. The van der Waals surface area contributed by atoms with Crippen LogP contribution in [0.2, 0.25) is 0 Å². The Hall–Kier alpha value is -2.51. The zero-order chi connectivity index (χ0) is 32.2. The summed E-state index contributed by atoms with van der Waals surface area (Å²) in [5.41, 5.74) is -0.357. The molecule has 1 aromatic rings. The first-order valence-electron chi connectivity index (χ1n) is 14.7. The molecule has 0 saturated carbocycles. The Morgan fingerprint density at radius 1 is 0.864 bits per heavy atom. The molecule has 7 unspecified atom stereocenters. The lowest BCUT2D eigenvalue weighted by Gasteiger charge is -2.47. The molecule has 2 fully saturated rings. The topological polar surface area (TPSA) is 247 Å². The van der Waals surface area contributed by atoms with Crippen molar-refractivity contribution in [3.05, 3.63) is 34.2 Å². The molecule has 250 valence electrons. The van der Waals surface area contributed by atoms with Crippen molar-refractivity contribution in [2.45, 2.75) is 106 Å². The van der Waals surface area contributed by atoms with Gasteiger partial charge in [-0.2, -0.15) is 0 Å². The van der Waals surface area contributed by atoms with Crippen molar-refractivity contribution in [2.75, 3.05) is 26.9 Å². The average molecular weight is 633 g/mol. The number of unbranched alkanes of at least 4 members (excludes halogenated alkanes) is 5. The number of aromatic nitrogens is 1. The van der Waals surface area contributed by atoms with E-state index in [-0.39, 0.29) is 18.1 Å². The fourth-order valence-corrected chi connectivity index (χ4v) is 5.03. The van der Waals surface area contributed by atoms with Gasteiger partial charge in [-0.05, 0) is 18.9 Å². The van der Waals surface area contributed by atoms with Gasteiger partial charge in [0.15, 0.2) is 12.6 Å². The third-order valence-corrected chi connectivity index (χ3v) is 7.62. The van der Waals surface area contributed by atoms with Crippen molar-refractivity contribution in [2.24, 2.45) is 0 Å². The first-order valence-corrected chi connectivity index (χ1v) is 14.7. The highest BCUT2D eigenvalue weighted by Gasteiger charge is 2.51. The lowest BCUT2D eigenvalue weighted by atomic mass is 9.95. The summed E-state index contributed by atoms with van der Waals surface area (Å²) in [5, 5.41) is 64.2. The van der Waals surface area contributed by atoms with Crippen molar-refractivity contribution < 1.29 is 63.9 Å². The van der Waals surface area contributed by atoms with Gasteiger partial charge >= 0.3 is 5.97 Å². The smallest absolute Gasteiger partial charge is 0.305 e. The van der Waals surface area contributed by atoms with E-state index in [1.165, 1.54) is 19.4 Å². The van der Waals surface area contributed by atoms with Gasteiger partial charge in [-0.3, -0.25) is 14.4 Å². The van der Waals surface area contributed by atoms with E-state index in [9.17, 15) is 45.0 Å². The Kier molecular flexibility index (Phi) is 14.6. The van der Waals surface area contributed by atoms with E-state index < -0.39 is 86.0 Å². The van der Waals surface area contributed by atoms with Gasteiger partial charge in [-0.25, -0.2) is 0 Å². The highest BCUT2D eigenvalue weighted by atomic mass is 16.7. The molecule has 2 aliphatic rings. The molecular weight excluding hydrogens is 588 g/mol. The molecular formula is C28H44N2O14. The molecule has 8 N–H and O–H groups in total. The number of hydrogen-bond acceptors (Lipinski definition) is 14. The lowest BCUT2D eigenvalue weighted by Crippen LogP contribution is -2.67. The normalized spacial score (nSPS) is 32.2. The number of pyridine rings is 1. The van der Waals surface area contributed by atoms with E-state index in [1.54, 1.807) is 0 Å². The minimum Gasteiger partial charge on any atom is -0.469 e. The maximum Gasteiger partial charge on any atom is 0.305 e. The van der Waals surface area contributed by atoms with Crippen molar-refractivity contribution >= 4 is 11.9 Å². The van der Waals surface area contributed by atoms with Crippen LogP contribution in [0.15, 0.2) is 23.1 Å². The summed E-state index contributed by atoms with van der Waals surface area (Å²) >= 11 is 0. The van der Waals surface area contributed by atoms with Crippen LogP contribution in [0.3, 0.4) is 0 Å². The summed E-state index contributed by atoms with van der Waals surface area (Å²) in [4.78, 5) is 38.0. The zero-order valence-corrected chi connectivity index (χ0v) is 24.5. The Morgan fingerprint density at radius 3 is 2.16 bits per heavy atom. The number of rotatable bonds is 16. The second-order valence-corrected chi connectivity index (χ2v) is 10.8. The number of aromatic amines is 1. The highest BCUT2D eigenvalue weighted by molar-refractivity contribution is 5.94. The van der Waals surface area contributed by atoms with Crippen LogP contribution >= 0.6 is 0 Å². The van der Waals surface area contributed by atoms with E-state index in [0.29, 0.717) is 12.8 Å². The van der Waals surface area contributed by atoms with Gasteiger partial charge in [0.2, 0.25) is 5.56 Å². The third kappa shape index (κ3) is 9.74. The summed E-state index contributed by atoms with van der Waals surface area (Å²) in [5.74, 6) is -0.930. The van der Waals surface area contributed by atoms with Crippen LogP contribution in [0.1, 0.15) is 55.3 Å². The minimum absolute atomic E-state index is 0.0680. The minimum atomic E-state index is -1.79. The third-order valence-electron chi connectivity index (χ3n) is 7.62. The second-order valence-electron chi connectivity index (χ2n) is 10.8. The number of carbonyl (C=O) groups is 2. The molecule has 16 nitrogen and oxygen atoms in total. The van der Waals surface area contributed by atoms with Crippen LogP contribution in [0.25, 0.3) is 0 Å². The van der Waals surface area contributed by atoms with Crippen molar-refractivity contribution in [3.8, 4) is 0 Å². The van der Waals surface area contributed by atoms with Gasteiger partial charge in [0.25, 0.3) is 5.91 Å². The number of hydrogen-bond donors (Lipinski definition) is 8. The number of carbonyl (C=O) groups excluding carboxylic acids is 2.